The van der Waals surface area contributed by atoms with E-state index in [0.717, 1.165) is 22.7 Å². The van der Waals surface area contributed by atoms with E-state index in [-0.39, 0.29) is 0 Å². The number of nitrogens with two attached hydrogens (primary N) is 1. The van der Waals surface area contributed by atoms with Crippen LogP contribution in [0, 0.1) is 0 Å². The molecule has 1 aliphatic rings. The SMILES string of the molecule is CCc1ccc2cn(C)nc2c1NC(=O)N=S(N)(=O)C1NC=C(C(C)(C)O)S1. The number of aromatic nitrogens is 2. The van der Waals surface area contributed by atoms with Crippen LogP contribution in [0.1, 0.15) is 26.3 Å². The van der Waals surface area contributed by atoms with Crippen LogP contribution in [-0.4, -0.2) is 35.4 Å². The lowest BCUT2D eigenvalue weighted by Gasteiger charge is -2.19. The van der Waals surface area contributed by atoms with Gasteiger partial charge in [-0.3, -0.25) is 4.68 Å². The number of anilines is 1. The minimum atomic E-state index is -3.41. The molecule has 1 aliphatic heterocycles. The van der Waals surface area contributed by atoms with E-state index in [1.54, 1.807) is 31.8 Å². The van der Waals surface area contributed by atoms with E-state index in [2.05, 4.69) is 20.1 Å². The number of nitrogens with zero attached hydrogens (tertiary/aromatic N) is 3. The van der Waals surface area contributed by atoms with Crippen molar-refractivity contribution < 1.29 is 14.1 Å². The Morgan fingerprint density at radius 1 is 1.54 bits per heavy atom. The van der Waals surface area contributed by atoms with Crippen LogP contribution in [0.25, 0.3) is 10.9 Å². The van der Waals surface area contributed by atoms with E-state index in [1.807, 2.05) is 25.3 Å². The second-order valence-electron chi connectivity index (χ2n) is 7.01. The molecular formula is C17H24N6O3S2. The Kier molecular flexibility index (Phi) is 5.45. The van der Waals surface area contributed by atoms with Crippen molar-refractivity contribution in [1.29, 1.82) is 0 Å². The van der Waals surface area contributed by atoms with Gasteiger partial charge < -0.3 is 15.7 Å². The number of carbonyl (C=O) groups is 1. The summed E-state index contributed by atoms with van der Waals surface area (Å²) in [5, 5.41) is 26.7. The molecule has 2 heterocycles. The number of aryl methyl sites for hydroxylation is 2. The molecule has 0 saturated heterocycles. The quantitative estimate of drug-likeness (QED) is 0.594. The standard InChI is InChI=1S/C17H24N6O3S2/c1-5-10-6-7-11-9-23(4)21-14(11)13(10)20-15(24)22-28(18,26)16-19-8-12(27-16)17(2,3)25/h6-9,16,19,25H,5H2,1-4H3,(H3,18,20,22,24,26). The minimum Gasteiger partial charge on any atom is -0.385 e. The van der Waals surface area contributed by atoms with Crippen molar-refractivity contribution in [3.8, 4) is 0 Å². The maximum atomic E-state index is 12.8. The van der Waals surface area contributed by atoms with Crippen LogP contribution in [0.5, 0.6) is 0 Å². The van der Waals surface area contributed by atoms with Crippen LogP contribution < -0.4 is 15.8 Å². The van der Waals surface area contributed by atoms with E-state index in [9.17, 15) is 14.1 Å². The molecule has 0 fully saturated rings. The molecule has 0 bridgehead atoms. The van der Waals surface area contributed by atoms with E-state index >= 15 is 0 Å². The third-order valence-electron chi connectivity index (χ3n) is 4.21. The molecule has 0 saturated carbocycles. The zero-order chi connectivity index (χ0) is 20.7. The van der Waals surface area contributed by atoms with Crippen LogP contribution in [-0.2, 0) is 23.4 Å². The van der Waals surface area contributed by atoms with Crippen LogP contribution in [0.15, 0.2) is 33.8 Å². The van der Waals surface area contributed by atoms with Gasteiger partial charge in [-0.2, -0.15) is 5.10 Å². The predicted octanol–water partition coefficient (Wildman–Crippen LogP) is 2.24. The van der Waals surface area contributed by atoms with Crippen LogP contribution in [0.2, 0.25) is 0 Å². The second-order valence-corrected chi connectivity index (χ2v) is 10.3. The molecule has 1 aromatic carbocycles. The number of hydrogen-bond acceptors (Lipinski definition) is 6. The Morgan fingerprint density at radius 3 is 2.86 bits per heavy atom. The van der Waals surface area contributed by atoms with Crippen molar-refractivity contribution in [1.82, 2.24) is 15.1 Å². The first-order valence-corrected chi connectivity index (χ1v) is 11.2. The molecule has 0 aliphatic carbocycles. The van der Waals surface area contributed by atoms with Gasteiger partial charge in [0.05, 0.1) is 11.3 Å². The summed E-state index contributed by atoms with van der Waals surface area (Å²) in [6, 6.07) is 3.04. The number of carbonyl (C=O) groups excluding carboxylic acids is 1. The topological polar surface area (TPSA) is 135 Å². The molecule has 2 unspecified atom stereocenters. The first-order valence-electron chi connectivity index (χ1n) is 8.67. The summed E-state index contributed by atoms with van der Waals surface area (Å²) in [6.45, 7) is 5.18. The molecule has 2 atom stereocenters. The average Bonchev–Trinajstić information content (AvgIpc) is 3.20. The summed E-state index contributed by atoms with van der Waals surface area (Å²) in [4.78, 5) is 13.1. The summed E-state index contributed by atoms with van der Waals surface area (Å²) in [7, 11) is -1.62. The number of benzene rings is 1. The highest BCUT2D eigenvalue weighted by molar-refractivity contribution is 8.16. The predicted molar refractivity (Wildman–Crippen MR) is 113 cm³/mol. The van der Waals surface area contributed by atoms with E-state index in [0.29, 0.717) is 22.5 Å². The van der Waals surface area contributed by atoms with Gasteiger partial charge in [0.1, 0.15) is 15.4 Å². The Labute approximate surface area is 168 Å². The van der Waals surface area contributed by atoms with Crippen molar-refractivity contribution in [3.05, 3.63) is 35.0 Å². The molecule has 0 spiro atoms. The monoisotopic (exact) mass is 424 g/mol. The number of rotatable bonds is 4. The highest BCUT2D eigenvalue weighted by atomic mass is 32.3. The molecule has 11 heteroatoms. The molecule has 9 nitrogen and oxygen atoms in total. The Balaban J connectivity index is 1.86. The van der Waals surface area contributed by atoms with Crippen LogP contribution >= 0.6 is 11.8 Å². The van der Waals surface area contributed by atoms with Gasteiger partial charge in [-0.1, -0.05) is 30.8 Å². The second kappa shape index (κ2) is 7.39. The van der Waals surface area contributed by atoms with Gasteiger partial charge in [-0.15, -0.1) is 4.36 Å². The first kappa shape index (κ1) is 20.6. The van der Waals surface area contributed by atoms with Gasteiger partial charge in [0.2, 0.25) is 0 Å². The molecule has 0 radical (unpaired) electrons. The fraction of sp³-hybridized carbons (Fsp3) is 0.412. The number of aliphatic hydroxyl groups is 1. The molecule has 3 rings (SSSR count). The lowest BCUT2D eigenvalue weighted by molar-refractivity contribution is 0.129. The summed E-state index contributed by atoms with van der Waals surface area (Å²) < 4.78 is 17.4. The summed E-state index contributed by atoms with van der Waals surface area (Å²) >= 11 is 1.10. The van der Waals surface area contributed by atoms with E-state index < -0.39 is 26.3 Å². The third-order valence-corrected chi connectivity index (χ3v) is 7.75. The zero-order valence-corrected chi connectivity index (χ0v) is 17.7. The number of urea groups is 1. The Morgan fingerprint density at radius 2 is 2.25 bits per heavy atom. The number of hydrogen-bond donors (Lipinski definition) is 4. The van der Waals surface area contributed by atoms with Gasteiger partial charge in [-0.25, -0.2) is 14.1 Å². The van der Waals surface area contributed by atoms with Gasteiger partial charge in [-0.05, 0) is 25.8 Å². The minimum absolute atomic E-state index is 0.534. The fourth-order valence-electron chi connectivity index (χ4n) is 2.80. The highest BCUT2D eigenvalue weighted by Gasteiger charge is 2.33. The molecule has 28 heavy (non-hydrogen) atoms. The number of nitrogens with one attached hydrogen (secondary N) is 2. The van der Waals surface area contributed by atoms with Crippen molar-refractivity contribution in [2.45, 2.75) is 37.5 Å². The molecule has 2 amide bonds. The van der Waals surface area contributed by atoms with Gasteiger partial charge in [0, 0.05) is 29.7 Å². The highest BCUT2D eigenvalue weighted by Crippen LogP contribution is 2.36. The lowest BCUT2D eigenvalue weighted by atomic mass is 10.1. The summed E-state index contributed by atoms with van der Waals surface area (Å²) in [5.74, 6) is 0. The third kappa shape index (κ3) is 4.17. The molecule has 152 valence electrons. The average molecular weight is 425 g/mol. The number of amides is 2. The van der Waals surface area contributed by atoms with Crippen molar-refractivity contribution in [2.24, 2.45) is 16.5 Å². The molecule has 1 aromatic heterocycles. The van der Waals surface area contributed by atoms with Gasteiger partial charge in [0.15, 0.2) is 4.71 Å². The van der Waals surface area contributed by atoms with Crippen molar-refractivity contribution in [2.75, 3.05) is 5.32 Å². The normalized spacial score (nSPS) is 19.1. The van der Waals surface area contributed by atoms with Gasteiger partial charge >= 0.3 is 6.03 Å². The Bertz CT molecular complexity index is 1080. The summed E-state index contributed by atoms with van der Waals surface area (Å²) in [6.07, 6.45) is 4.06. The van der Waals surface area contributed by atoms with Gasteiger partial charge in [0.25, 0.3) is 0 Å². The number of thioether (sulfide) groups is 1. The van der Waals surface area contributed by atoms with E-state index in [4.69, 9.17) is 5.14 Å². The maximum absolute atomic E-state index is 12.8. The van der Waals surface area contributed by atoms with Crippen molar-refractivity contribution >= 4 is 44.3 Å². The van der Waals surface area contributed by atoms with Crippen molar-refractivity contribution in [3.63, 3.8) is 0 Å². The maximum Gasteiger partial charge on any atom is 0.354 e. The molecular weight excluding hydrogens is 400 g/mol. The largest absolute Gasteiger partial charge is 0.385 e. The van der Waals surface area contributed by atoms with Crippen LogP contribution in [0.3, 0.4) is 0 Å². The molecule has 2 aromatic rings. The Hall–Kier alpha value is -2.08. The smallest absolute Gasteiger partial charge is 0.354 e. The zero-order valence-electron chi connectivity index (χ0n) is 16.1. The molecule has 5 N–H and O–H groups in total. The van der Waals surface area contributed by atoms with Crippen LogP contribution in [0.4, 0.5) is 10.5 Å². The van der Waals surface area contributed by atoms with E-state index in [1.165, 1.54) is 0 Å². The first-order chi connectivity index (χ1) is 13.0. The fourth-order valence-corrected chi connectivity index (χ4v) is 5.25. The lowest BCUT2D eigenvalue weighted by Crippen LogP contribution is -2.34. The summed E-state index contributed by atoms with van der Waals surface area (Å²) in [5.41, 5.74) is 0.951. The number of fused-ring (bicyclic) bond motifs is 1.